The summed E-state index contributed by atoms with van der Waals surface area (Å²) in [5.74, 6) is 2.51. The summed E-state index contributed by atoms with van der Waals surface area (Å²) < 4.78 is 0. The van der Waals surface area contributed by atoms with Gasteiger partial charge in [-0.2, -0.15) is 0 Å². The molecule has 4 aliphatic rings. The van der Waals surface area contributed by atoms with Crippen LogP contribution < -0.4 is 10.6 Å². The third-order valence-corrected chi connectivity index (χ3v) is 6.18. The highest BCUT2D eigenvalue weighted by atomic mass is 16.2. The number of anilines is 1. The lowest BCUT2D eigenvalue weighted by molar-refractivity contribution is 0.0632. The molecule has 0 radical (unpaired) electrons. The maximum absolute atomic E-state index is 13.1. The van der Waals surface area contributed by atoms with E-state index < -0.39 is 0 Å². The van der Waals surface area contributed by atoms with Gasteiger partial charge in [-0.15, -0.1) is 0 Å². The van der Waals surface area contributed by atoms with Gasteiger partial charge < -0.3 is 15.5 Å². The summed E-state index contributed by atoms with van der Waals surface area (Å²) in [6.45, 7) is 4.76. The molecule has 5 nitrogen and oxygen atoms in total. The molecule has 1 aromatic carbocycles. The maximum atomic E-state index is 13.1. The van der Waals surface area contributed by atoms with E-state index in [0.717, 1.165) is 23.9 Å². The molecule has 4 bridgehead atoms. The fraction of sp³-hybridized carbons (Fsp3) is 0.619. The zero-order chi connectivity index (χ0) is 18.3. The molecule has 3 amide bonds. The number of hydrogen-bond donors (Lipinski definition) is 2. The van der Waals surface area contributed by atoms with Crippen molar-refractivity contribution in [1.29, 1.82) is 0 Å². The number of fused-ring (bicyclic) bond motifs is 1. The van der Waals surface area contributed by atoms with Crippen molar-refractivity contribution in [3.63, 3.8) is 0 Å². The van der Waals surface area contributed by atoms with Crippen molar-refractivity contribution >= 4 is 17.6 Å². The number of amides is 3. The van der Waals surface area contributed by atoms with Gasteiger partial charge in [-0.05, 0) is 88.0 Å². The molecule has 2 saturated carbocycles. The van der Waals surface area contributed by atoms with Crippen LogP contribution in [0.1, 0.15) is 56.3 Å². The van der Waals surface area contributed by atoms with E-state index in [9.17, 15) is 9.59 Å². The molecule has 2 aliphatic heterocycles. The van der Waals surface area contributed by atoms with Crippen molar-refractivity contribution in [2.24, 2.45) is 17.8 Å². The van der Waals surface area contributed by atoms with Gasteiger partial charge in [-0.1, -0.05) is 0 Å². The Morgan fingerprint density at radius 2 is 1.58 bits per heavy atom. The van der Waals surface area contributed by atoms with E-state index in [2.05, 4.69) is 15.5 Å². The molecule has 4 fully saturated rings. The highest BCUT2D eigenvalue weighted by molar-refractivity contribution is 5.95. The average molecular weight is 355 g/mol. The number of rotatable bonds is 3. The third-order valence-electron chi connectivity index (χ3n) is 6.18. The van der Waals surface area contributed by atoms with Gasteiger partial charge in [0.15, 0.2) is 0 Å². The Kier molecular flexibility index (Phi) is 4.63. The minimum atomic E-state index is -0.223. The van der Waals surface area contributed by atoms with E-state index in [1.165, 1.54) is 32.1 Å². The van der Waals surface area contributed by atoms with Crippen LogP contribution in [0.5, 0.6) is 0 Å². The molecule has 2 aliphatic carbocycles. The number of nitrogens with one attached hydrogen (secondary N) is 2. The molecule has 5 heteroatoms. The topological polar surface area (TPSA) is 61.4 Å². The van der Waals surface area contributed by atoms with Crippen LogP contribution in [0.25, 0.3) is 0 Å². The second-order valence-corrected chi connectivity index (χ2v) is 8.72. The van der Waals surface area contributed by atoms with Crippen LogP contribution in [0.3, 0.4) is 0 Å². The van der Waals surface area contributed by atoms with Crippen molar-refractivity contribution in [3.05, 3.63) is 29.8 Å². The largest absolute Gasteiger partial charge is 0.336 e. The number of carbonyl (C=O) groups is 2. The first-order valence-corrected chi connectivity index (χ1v) is 9.96. The first kappa shape index (κ1) is 17.4. The minimum absolute atomic E-state index is 0.0875. The first-order valence-electron chi connectivity index (χ1n) is 9.96. The van der Waals surface area contributed by atoms with Crippen LogP contribution in [0.2, 0.25) is 0 Å². The maximum Gasteiger partial charge on any atom is 0.319 e. The smallest absolute Gasteiger partial charge is 0.319 e. The van der Waals surface area contributed by atoms with Gasteiger partial charge in [0.1, 0.15) is 0 Å². The van der Waals surface area contributed by atoms with Crippen LogP contribution in [0, 0.1) is 17.8 Å². The van der Waals surface area contributed by atoms with Gasteiger partial charge in [0.25, 0.3) is 5.91 Å². The number of hydrogen-bond acceptors (Lipinski definition) is 2. The highest BCUT2D eigenvalue weighted by Gasteiger charge is 2.44. The molecule has 2 unspecified atom stereocenters. The standard InChI is InChI=1S/C21H29N3O2/c1-13(2)22-21(26)23-18-5-3-17(4-6-18)20(25)24-12-16-8-14-7-15(9-16)11-19(24)10-14/h3-6,13-16,19H,7-12H2,1-2H3,(H2,22,23,26). The zero-order valence-electron chi connectivity index (χ0n) is 15.7. The van der Waals surface area contributed by atoms with Crippen molar-refractivity contribution in [2.45, 2.75) is 58.0 Å². The van der Waals surface area contributed by atoms with Gasteiger partial charge in [-0.25, -0.2) is 4.79 Å². The molecule has 0 aromatic heterocycles. The van der Waals surface area contributed by atoms with Gasteiger partial charge in [-0.3, -0.25) is 4.79 Å². The summed E-state index contributed by atoms with van der Waals surface area (Å²) in [5, 5.41) is 5.60. The fourth-order valence-corrected chi connectivity index (χ4v) is 5.32. The Balaban J connectivity index is 1.44. The van der Waals surface area contributed by atoms with Crippen LogP contribution in [-0.2, 0) is 0 Å². The lowest BCUT2D eigenvalue weighted by Gasteiger charge is -2.39. The van der Waals surface area contributed by atoms with Gasteiger partial charge in [0.05, 0.1) is 0 Å². The molecule has 2 atom stereocenters. The summed E-state index contributed by atoms with van der Waals surface area (Å²) in [7, 11) is 0. The Labute approximate surface area is 155 Å². The lowest BCUT2D eigenvalue weighted by Crippen LogP contribution is -2.42. The van der Waals surface area contributed by atoms with Crippen molar-refractivity contribution in [3.8, 4) is 0 Å². The summed E-state index contributed by atoms with van der Waals surface area (Å²) in [6.07, 6.45) is 6.38. The molecular formula is C21H29N3O2. The third kappa shape index (κ3) is 3.57. The van der Waals surface area contributed by atoms with E-state index >= 15 is 0 Å². The molecule has 5 rings (SSSR count). The molecule has 26 heavy (non-hydrogen) atoms. The van der Waals surface area contributed by atoms with Crippen molar-refractivity contribution in [2.75, 3.05) is 11.9 Å². The summed E-state index contributed by atoms with van der Waals surface area (Å²) in [6, 6.07) is 7.59. The molecule has 1 aromatic rings. The summed E-state index contributed by atoms with van der Waals surface area (Å²) in [5.41, 5.74) is 1.43. The van der Waals surface area contributed by atoms with E-state index in [0.29, 0.717) is 17.6 Å². The van der Waals surface area contributed by atoms with E-state index in [4.69, 9.17) is 0 Å². The predicted molar refractivity (Wildman–Crippen MR) is 102 cm³/mol. The van der Waals surface area contributed by atoms with Crippen molar-refractivity contribution in [1.82, 2.24) is 10.2 Å². The fourth-order valence-electron chi connectivity index (χ4n) is 5.32. The number of benzene rings is 1. The molecule has 2 N–H and O–H groups in total. The lowest BCUT2D eigenvalue weighted by atomic mass is 9.68. The minimum Gasteiger partial charge on any atom is -0.336 e. The molecule has 2 heterocycles. The Bertz CT molecular complexity index is 671. The average Bonchev–Trinajstić information content (AvgIpc) is 2.77. The van der Waals surface area contributed by atoms with Gasteiger partial charge in [0, 0.05) is 29.9 Å². The number of carbonyl (C=O) groups excluding carboxylic acids is 2. The number of urea groups is 1. The SMILES string of the molecule is CC(C)NC(=O)Nc1ccc(C(=O)N2CC3CC4CC(C3)CC2C4)cc1. The van der Waals surface area contributed by atoms with E-state index in [1.54, 1.807) is 0 Å². The Morgan fingerprint density at radius 1 is 0.962 bits per heavy atom. The van der Waals surface area contributed by atoms with Crippen LogP contribution >= 0.6 is 0 Å². The highest BCUT2D eigenvalue weighted by Crippen LogP contribution is 2.47. The second-order valence-electron chi connectivity index (χ2n) is 8.72. The molecule has 2 saturated heterocycles. The number of nitrogens with zero attached hydrogens (tertiary/aromatic N) is 1. The monoisotopic (exact) mass is 355 g/mol. The van der Waals surface area contributed by atoms with E-state index in [1.807, 2.05) is 38.1 Å². The summed E-state index contributed by atoms with van der Waals surface area (Å²) in [4.78, 5) is 27.1. The molecule has 140 valence electrons. The summed E-state index contributed by atoms with van der Waals surface area (Å²) >= 11 is 0. The Morgan fingerprint density at radius 3 is 2.19 bits per heavy atom. The predicted octanol–water partition coefficient (Wildman–Crippen LogP) is 3.87. The van der Waals surface area contributed by atoms with E-state index in [-0.39, 0.29) is 18.0 Å². The van der Waals surface area contributed by atoms with Gasteiger partial charge >= 0.3 is 6.03 Å². The van der Waals surface area contributed by atoms with Crippen LogP contribution in [0.15, 0.2) is 24.3 Å². The van der Waals surface area contributed by atoms with Crippen LogP contribution in [-0.4, -0.2) is 35.5 Å². The Hall–Kier alpha value is -2.04. The second kappa shape index (κ2) is 6.93. The van der Waals surface area contributed by atoms with Crippen molar-refractivity contribution < 1.29 is 9.59 Å². The van der Waals surface area contributed by atoms with Crippen LogP contribution in [0.4, 0.5) is 10.5 Å². The molecule has 0 spiro atoms. The zero-order valence-corrected chi connectivity index (χ0v) is 15.7. The molecular weight excluding hydrogens is 326 g/mol. The van der Waals surface area contributed by atoms with Gasteiger partial charge in [0.2, 0.25) is 0 Å². The quantitative estimate of drug-likeness (QED) is 0.865. The first-order chi connectivity index (χ1) is 12.5. The normalized spacial score (nSPS) is 29.6.